The van der Waals surface area contributed by atoms with E-state index in [1.807, 2.05) is 4.90 Å². The van der Waals surface area contributed by atoms with Crippen LogP contribution in [0.3, 0.4) is 0 Å². The number of nitrogens with one attached hydrogen (secondary N) is 1. The van der Waals surface area contributed by atoms with Crippen LogP contribution in [-0.2, 0) is 22.6 Å². The van der Waals surface area contributed by atoms with Gasteiger partial charge in [0.05, 0.1) is 24.2 Å². The minimum absolute atomic E-state index is 0.0688. The van der Waals surface area contributed by atoms with Gasteiger partial charge in [-0.1, -0.05) is 0 Å². The minimum Gasteiger partial charge on any atom is -0.481 e. The van der Waals surface area contributed by atoms with Gasteiger partial charge in [-0.05, 0) is 17.7 Å². The quantitative estimate of drug-likeness (QED) is 0.771. The summed E-state index contributed by atoms with van der Waals surface area (Å²) in [5.41, 5.74) is 1.62. The number of aromatic amines is 1. The van der Waals surface area contributed by atoms with E-state index in [0.717, 1.165) is 11.3 Å². The van der Waals surface area contributed by atoms with Gasteiger partial charge in [0.1, 0.15) is 0 Å². The number of carbonyl (C=O) groups excluding carboxylic acids is 1. The predicted octanol–water partition coefficient (Wildman–Crippen LogP) is -0.213. The van der Waals surface area contributed by atoms with Crippen molar-refractivity contribution < 1.29 is 14.7 Å². The molecule has 1 aliphatic heterocycles. The summed E-state index contributed by atoms with van der Waals surface area (Å²) < 4.78 is 0. The maximum absolute atomic E-state index is 12.6. The molecule has 1 fully saturated rings. The molecule has 0 unspecified atom stereocenters. The largest absolute Gasteiger partial charge is 0.481 e. The zero-order valence-electron chi connectivity index (χ0n) is 13.7. The Hall–Kier alpha value is -2.81. The topological polar surface area (TPSA) is 115 Å². The first-order valence-corrected chi connectivity index (χ1v) is 8.08. The lowest BCUT2D eigenvalue weighted by Crippen LogP contribution is -2.38. The number of pyridine rings is 1. The van der Waals surface area contributed by atoms with Gasteiger partial charge in [0.2, 0.25) is 5.91 Å². The molecule has 3 rings (SSSR count). The maximum Gasteiger partial charge on any atom is 0.309 e. The molecule has 0 aliphatic carbocycles. The van der Waals surface area contributed by atoms with Crippen molar-refractivity contribution in [1.82, 2.24) is 30.2 Å². The van der Waals surface area contributed by atoms with Gasteiger partial charge in [0, 0.05) is 45.1 Å². The summed E-state index contributed by atoms with van der Waals surface area (Å²) in [6.45, 7) is 2.19. The zero-order valence-corrected chi connectivity index (χ0v) is 13.7. The molecule has 2 aromatic rings. The van der Waals surface area contributed by atoms with Crippen molar-refractivity contribution in [3.8, 4) is 0 Å². The van der Waals surface area contributed by atoms with Gasteiger partial charge >= 0.3 is 5.97 Å². The summed E-state index contributed by atoms with van der Waals surface area (Å²) in [7, 11) is 0. The Labute approximate surface area is 144 Å². The summed E-state index contributed by atoms with van der Waals surface area (Å²) >= 11 is 0. The predicted molar refractivity (Wildman–Crippen MR) is 87.3 cm³/mol. The summed E-state index contributed by atoms with van der Waals surface area (Å²) in [5, 5.41) is 19.8. The fraction of sp³-hybridized carbons (Fsp3) is 0.438. The molecular weight excluding hydrogens is 324 g/mol. The second-order valence-corrected chi connectivity index (χ2v) is 6.10. The van der Waals surface area contributed by atoms with Crippen LogP contribution in [0.2, 0.25) is 0 Å². The van der Waals surface area contributed by atoms with Crippen molar-refractivity contribution in [2.24, 2.45) is 5.92 Å². The lowest BCUT2D eigenvalue weighted by atomic mass is 10.1. The number of H-pyrrole nitrogens is 1. The number of hydrogen-bond donors (Lipinski definition) is 2. The van der Waals surface area contributed by atoms with E-state index in [4.69, 9.17) is 0 Å². The first kappa shape index (κ1) is 17.0. The van der Waals surface area contributed by atoms with E-state index in [0.29, 0.717) is 26.2 Å². The second kappa shape index (κ2) is 7.84. The second-order valence-electron chi connectivity index (χ2n) is 6.10. The Morgan fingerprint density at radius 3 is 2.72 bits per heavy atom. The zero-order chi connectivity index (χ0) is 17.6. The Bertz CT molecular complexity index is 706. The first-order valence-electron chi connectivity index (χ1n) is 8.08. The third-order valence-corrected chi connectivity index (χ3v) is 4.26. The van der Waals surface area contributed by atoms with Gasteiger partial charge in [-0.25, -0.2) is 0 Å². The molecule has 0 bridgehead atoms. The molecule has 2 N–H and O–H groups in total. The van der Waals surface area contributed by atoms with E-state index in [9.17, 15) is 14.7 Å². The third-order valence-electron chi connectivity index (χ3n) is 4.26. The van der Waals surface area contributed by atoms with E-state index in [2.05, 4.69) is 20.4 Å². The van der Waals surface area contributed by atoms with Crippen LogP contribution in [-0.4, -0.2) is 73.4 Å². The molecule has 2 aromatic heterocycles. The molecule has 0 saturated carbocycles. The van der Waals surface area contributed by atoms with Gasteiger partial charge in [-0.2, -0.15) is 15.4 Å². The monoisotopic (exact) mass is 344 g/mol. The molecule has 9 nitrogen and oxygen atoms in total. The average Bonchev–Trinajstić information content (AvgIpc) is 3.01. The van der Waals surface area contributed by atoms with Gasteiger partial charge in [-0.15, -0.1) is 0 Å². The summed E-state index contributed by atoms with van der Waals surface area (Å²) in [5.74, 6) is -1.59. The minimum atomic E-state index is -0.895. The molecule has 1 saturated heterocycles. The van der Waals surface area contributed by atoms with Crippen molar-refractivity contribution >= 4 is 11.9 Å². The van der Waals surface area contributed by atoms with Gasteiger partial charge in [-0.3, -0.25) is 19.5 Å². The van der Waals surface area contributed by atoms with Crippen LogP contribution < -0.4 is 0 Å². The highest BCUT2D eigenvalue weighted by atomic mass is 16.4. The molecule has 1 aliphatic rings. The van der Waals surface area contributed by atoms with Crippen LogP contribution in [0.1, 0.15) is 11.3 Å². The molecule has 0 radical (unpaired) electrons. The highest BCUT2D eigenvalue weighted by molar-refractivity contribution is 5.80. The Morgan fingerprint density at radius 1 is 1.24 bits per heavy atom. The van der Waals surface area contributed by atoms with Gasteiger partial charge in [0.25, 0.3) is 0 Å². The van der Waals surface area contributed by atoms with Crippen molar-refractivity contribution in [2.45, 2.75) is 13.0 Å². The number of aromatic nitrogens is 4. The number of rotatable bonds is 5. The van der Waals surface area contributed by atoms with E-state index < -0.39 is 11.9 Å². The number of carboxylic acid groups (broad SMARTS) is 1. The Morgan fingerprint density at radius 2 is 2.04 bits per heavy atom. The number of carboxylic acids is 1. The molecule has 0 aromatic carbocycles. The molecule has 3 heterocycles. The fourth-order valence-electron chi connectivity index (χ4n) is 2.92. The Kier molecular flexibility index (Phi) is 5.34. The Balaban J connectivity index is 1.66. The van der Waals surface area contributed by atoms with E-state index in [-0.39, 0.29) is 18.9 Å². The molecular formula is C16H20N6O3. The standard InChI is InChI=1S/C16H20N6O3/c23-15(7-12-1-3-17-4-2-12)22-6-5-21(9-13(10-22)16(24)25)11-14-8-18-20-19-14/h1-4,8,13H,5-7,9-11H2,(H,24,25)(H,18,19,20)/t13-/m0/s1. The summed E-state index contributed by atoms with van der Waals surface area (Å²) in [6, 6.07) is 3.59. The van der Waals surface area contributed by atoms with E-state index in [1.54, 1.807) is 35.6 Å². The molecule has 132 valence electrons. The molecule has 1 amide bonds. The van der Waals surface area contributed by atoms with E-state index in [1.165, 1.54) is 0 Å². The van der Waals surface area contributed by atoms with Gasteiger partial charge in [0.15, 0.2) is 0 Å². The number of nitrogens with zero attached hydrogens (tertiary/aromatic N) is 5. The number of carbonyl (C=O) groups is 2. The van der Waals surface area contributed by atoms with Crippen LogP contribution in [0.5, 0.6) is 0 Å². The fourth-order valence-corrected chi connectivity index (χ4v) is 2.92. The van der Waals surface area contributed by atoms with Crippen molar-refractivity contribution in [3.63, 3.8) is 0 Å². The maximum atomic E-state index is 12.6. The van der Waals surface area contributed by atoms with Crippen molar-refractivity contribution in [2.75, 3.05) is 26.2 Å². The third kappa shape index (κ3) is 4.60. The number of amides is 1. The van der Waals surface area contributed by atoms with Crippen molar-refractivity contribution in [1.29, 1.82) is 0 Å². The van der Waals surface area contributed by atoms with E-state index >= 15 is 0 Å². The van der Waals surface area contributed by atoms with Crippen LogP contribution in [0.15, 0.2) is 30.7 Å². The number of aliphatic carboxylic acids is 1. The molecule has 0 spiro atoms. The average molecular weight is 344 g/mol. The summed E-state index contributed by atoms with van der Waals surface area (Å²) in [4.78, 5) is 31.7. The van der Waals surface area contributed by atoms with Crippen LogP contribution >= 0.6 is 0 Å². The van der Waals surface area contributed by atoms with Crippen LogP contribution in [0.4, 0.5) is 0 Å². The highest BCUT2D eigenvalue weighted by Gasteiger charge is 2.30. The summed E-state index contributed by atoms with van der Waals surface area (Å²) in [6.07, 6.45) is 5.15. The first-order chi connectivity index (χ1) is 12.1. The molecule has 9 heteroatoms. The van der Waals surface area contributed by atoms with Crippen molar-refractivity contribution in [3.05, 3.63) is 42.0 Å². The number of hydrogen-bond acceptors (Lipinski definition) is 6. The normalized spacial score (nSPS) is 18.7. The SMILES string of the molecule is O=C(O)[C@H]1CN(Cc2cn[nH]n2)CCN(C(=O)Cc2ccncc2)C1. The van der Waals surface area contributed by atoms with Gasteiger partial charge < -0.3 is 10.0 Å². The highest BCUT2D eigenvalue weighted by Crippen LogP contribution is 2.14. The smallest absolute Gasteiger partial charge is 0.309 e. The lowest BCUT2D eigenvalue weighted by Gasteiger charge is -2.22. The lowest BCUT2D eigenvalue weighted by molar-refractivity contribution is -0.143. The molecule has 1 atom stereocenters. The van der Waals surface area contributed by atoms with Crippen LogP contribution in [0.25, 0.3) is 0 Å². The molecule has 25 heavy (non-hydrogen) atoms. The van der Waals surface area contributed by atoms with Crippen LogP contribution in [0, 0.1) is 5.92 Å².